The minimum absolute atomic E-state index is 0.0338. The van der Waals surface area contributed by atoms with E-state index in [9.17, 15) is 23.1 Å². The van der Waals surface area contributed by atoms with Gasteiger partial charge in [-0.25, -0.2) is 28.1 Å². The van der Waals surface area contributed by atoms with Gasteiger partial charge in [-0.3, -0.25) is 9.89 Å². The second kappa shape index (κ2) is 9.19. The molecule has 2 saturated heterocycles. The standard InChI is InChI=1S/C26H25F3N8O2/c1-26(39)4-5-36(12-26)20-10-31-22(23(30)38)21(33-20)13-6-17-24(32-9-13)34-35-25(17)37-11-15(28)8-19(37)16-7-14(27)2-3-18(16)29/h2-3,6-7,9-10,15,19,39H,4-5,8,11-12H2,1H3,(H2,30,38)(H,32,34,35)/t15-,19+,26?/m0/s1. The summed E-state index contributed by atoms with van der Waals surface area (Å²) in [5.41, 5.74) is 5.65. The zero-order chi connectivity index (χ0) is 27.5. The third kappa shape index (κ3) is 4.52. The molecule has 13 heteroatoms. The molecule has 3 atom stereocenters. The molecule has 6 rings (SSSR count). The number of anilines is 2. The van der Waals surface area contributed by atoms with Gasteiger partial charge in [0.05, 0.1) is 29.8 Å². The SMILES string of the molecule is CC1(O)CCN(c2cnc(C(N)=O)c(-c3cnc4[nH]nc(N5C[C@@H](F)C[C@@H]5c5cc(F)ccc5F)c4c3)n2)C1. The number of fused-ring (bicyclic) bond motifs is 1. The summed E-state index contributed by atoms with van der Waals surface area (Å²) in [4.78, 5) is 29.0. The molecule has 10 nitrogen and oxygen atoms in total. The number of H-pyrrole nitrogens is 1. The highest BCUT2D eigenvalue weighted by Gasteiger charge is 2.37. The maximum Gasteiger partial charge on any atom is 0.269 e. The Morgan fingerprint density at radius 2 is 2.05 bits per heavy atom. The van der Waals surface area contributed by atoms with Crippen LogP contribution in [0.15, 0.2) is 36.7 Å². The number of halogens is 3. The summed E-state index contributed by atoms with van der Waals surface area (Å²) in [5, 5.41) is 18.0. The highest BCUT2D eigenvalue weighted by molar-refractivity contribution is 5.98. The number of nitrogens with two attached hydrogens (primary N) is 1. The number of pyridine rings is 1. The highest BCUT2D eigenvalue weighted by atomic mass is 19.1. The molecular formula is C26H25F3N8O2. The largest absolute Gasteiger partial charge is 0.388 e. The van der Waals surface area contributed by atoms with Gasteiger partial charge in [0.15, 0.2) is 17.2 Å². The number of amides is 1. The topological polar surface area (TPSA) is 137 Å². The Morgan fingerprint density at radius 1 is 1.23 bits per heavy atom. The average Bonchev–Trinajstić information content (AvgIpc) is 3.60. The molecule has 0 spiro atoms. The molecule has 0 aliphatic carbocycles. The molecule has 3 aromatic heterocycles. The minimum atomic E-state index is -1.29. The number of aromatic amines is 1. The zero-order valence-corrected chi connectivity index (χ0v) is 20.9. The molecule has 2 fully saturated rings. The van der Waals surface area contributed by atoms with Crippen LogP contribution in [0.4, 0.5) is 24.8 Å². The Hall–Kier alpha value is -4.26. The van der Waals surface area contributed by atoms with Crippen LogP contribution in [0.25, 0.3) is 22.3 Å². The van der Waals surface area contributed by atoms with Crippen LogP contribution in [0.5, 0.6) is 0 Å². The van der Waals surface area contributed by atoms with E-state index in [1.54, 1.807) is 17.9 Å². The molecule has 1 unspecified atom stereocenters. The number of hydrogen-bond acceptors (Lipinski definition) is 8. The molecule has 0 radical (unpaired) electrons. The van der Waals surface area contributed by atoms with Gasteiger partial charge in [-0.05, 0) is 37.6 Å². The second-order valence-electron chi connectivity index (χ2n) is 10.3. The first-order chi connectivity index (χ1) is 18.6. The molecule has 0 bridgehead atoms. The quantitative estimate of drug-likeness (QED) is 0.353. The van der Waals surface area contributed by atoms with Crippen LogP contribution < -0.4 is 15.5 Å². The number of hydrogen-bond donors (Lipinski definition) is 3. The minimum Gasteiger partial charge on any atom is -0.388 e. The zero-order valence-electron chi connectivity index (χ0n) is 20.9. The van der Waals surface area contributed by atoms with Gasteiger partial charge in [0.2, 0.25) is 0 Å². The van der Waals surface area contributed by atoms with E-state index in [4.69, 9.17) is 5.73 Å². The van der Waals surface area contributed by atoms with Gasteiger partial charge in [-0.1, -0.05) is 0 Å². The maximum absolute atomic E-state index is 14.7. The van der Waals surface area contributed by atoms with Crippen molar-refractivity contribution in [1.82, 2.24) is 25.1 Å². The van der Waals surface area contributed by atoms with Gasteiger partial charge in [0.25, 0.3) is 5.91 Å². The third-order valence-electron chi connectivity index (χ3n) is 7.28. The van der Waals surface area contributed by atoms with Crippen molar-refractivity contribution in [3.8, 4) is 11.3 Å². The van der Waals surface area contributed by atoms with Crippen molar-refractivity contribution in [3.05, 3.63) is 59.6 Å². The predicted octanol–water partition coefficient (Wildman–Crippen LogP) is 3.04. The monoisotopic (exact) mass is 538 g/mol. The molecule has 5 heterocycles. The highest BCUT2D eigenvalue weighted by Crippen LogP contribution is 2.41. The van der Waals surface area contributed by atoms with Gasteiger partial charge in [0.1, 0.15) is 29.3 Å². The lowest BCUT2D eigenvalue weighted by Gasteiger charge is -2.25. The number of rotatable bonds is 5. The van der Waals surface area contributed by atoms with Crippen molar-refractivity contribution in [2.45, 2.75) is 37.6 Å². The number of nitrogens with one attached hydrogen (secondary N) is 1. The number of primary amides is 1. The Kier molecular flexibility index (Phi) is 5.90. The summed E-state index contributed by atoms with van der Waals surface area (Å²) >= 11 is 0. The van der Waals surface area contributed by atoms with Crippen LogP contribution in [0, 0.1) is 11.6 Å². The van der Waals surface area contributed by atoms with E-state index in [2.05, 4.69) is 25.1 Å². The summed E-state index contributed by atoms with van der Waals surface area (Å²) in [5.74, 6) is -1.29. The Balaban J connectivity index is 1.43. The first-order valence-electron chi connectivity index (χ1n) is 12.4. The molecule has 2 aliphatic heterocycles. The normalized spacial score (nSPS) is 23.2. The van der Waals surface area contributed by atoms with Crippen molar-refractivity contribution in [2.75, 3.05) is 29.4 Å². The molecule has 4 N–H and O–H groups in total. The third-order valence-corrected chi connectivity index (χ3v) is 7.28. The van der Waals surface area contributed by atoms with Crippen molar-refractivity contribution in [1.29, 1.82) is 0 Å². The summed E-state index contributed by atoms with van der Waals surface area (Å²) in [6.45, 7) is 2.55. The lowest BCUT2D eigenvalue weighted by Crippen LogP contribution is -2.30. The van der Waals surface area contributed by atoms with Crippen LogP contribution in [0.3, 0.4) is 0 Å². The fourth-order valence-electron chi connectivity index (χ4n) is 5.38. The predicted molar refractivity (Wildman–Crippen MR) is 137 cm³/mol. The fraction of sp³-hybridized carbons (Fsp3) is 0.346. The van der Waals surface area contributed by atoms with Gasteiger partial charge in [-0.2, -0.15) is 5.10 Å². The van der Waals surface area contributed by atoms with E-state index in [0.717, 1.165) is 18.2 Å². The molecule has 2 aliphatic rings. The smallest absolute Gasteiger partial charge is 0.269 e. The number of aliphatic hydroxyl groups is 1. The van der Waals surface area contributed by atoms with E-state index in [1.807, 2.05) is 4.90 Å². The van der Waals surface area contributed by atoms with Gasteiger partial charge in [-0.15, -0.1) is 0 Å². The van der Waals surface area contributed by atoms with Crippen molar-refractivity contribution in [3.63, 3.8) is 0 Å². The molecule has 1 amide bonds. The maximum atomic E-state index is 14.7. The van der Waals surface area contributed by atoms with Crippen LogP contribution in [0.1, 0.15) is 41.9 Å². The summed E-state index contributed by atoms with van der Waals surface area (Å²) < 4.78 is 43.3. The number of carbonyl (C=O) groups is 1. The molecule has 4 aromatic rings. The molecule has 39 heavy (non-hydrogen) atoms. The first-order valence-corrected chi connectivity index (χ1v) is 12.4. The van der Waals surface area contributed by atoms with Gasteiger partial charge >= 0.3 is 0 Å². The lowest BCUT2D eigenvalue weighted by atomic mass is 10.0. The van der Waals surface area contributed by atoms with Crippen LogP contribution in [-0.4, -0.2) is 67.6 Å². The average molecular weight is 539 g/mol. The van der Waals surface area contributed by atoms with E-state index < -0.39 is 35.4 Å². The van der Waals surface area contributed by atoms with E-state index in [1.165, 1.54) is 12.4 Å². The van der Waals surface area contributed by atoms with Crippen molar-refractivity contribution in [2.24, 2.45) is 5.73 Å². The number of benzene rings is 1. The Labute approximate surface area is 220 Å². The molecule has 1 aromatic carbocycles. The van der Waals surface area contributed by atoms with Crippen molar-refractivity contribution < 1.29 is 23.1 Å². The van der Waals surface area contributed by atoms with Crippen LogP contribution in [0.2, 0.25) is 0 Å². The summed E-state index contributed by atoms with van der Waals surface area (Å²) in [7, 11) is 0. The van der Waals surface area contributed by atoms with Gasteiger partial charge < -0.3 is 20.6 Å². The fourth-order valence-corrected chi connectivity index (χ4v) is 5.38. The lowest BCUT2D eigenvalue weighted by molar-refractivity contribution is 0.0838. The summed E-state index contributed by atoms with van der Waals surface area (Å²) in [6, 6.07) is 3.98. The Bertz CT molecular complexity index is 1590. The number of carbonyl (C=O) groups excluding carboxylic acids is 1. The van der Waals surface area contributed by atoms with E-state index >= 15 is 0 Å². The van der Waals surface area contributed by atoms with Crippen LogP contribution in [-0.2, 0) is 0 Å². The second-order valence-corrected chi connectivity index (χ2v) is 10.3. The summed E-state index contributed by atoms with van der Waals surface area (Å²) in [6.07, 6.45) is 2.13. The number of aromatic nitrogens is 5. The van der Waals surface area contributed by atoms with E-state index in [0.29, 0.717) is 47.7 Å². The number of alkyl halides is 1. The molecule has 0 saturated carbocycles. The number of β-amino-alcohol motifs (C(OH)–C–C–N with tert-alkyl or cyclic N) is 1. The van der Waals surface area contributed by atoms with E-state index in [-0.39, 0.29) is 29.9 Å². The molecular weight excluding hydrogens is 513 g/mol. The van der Waals surface area contributed by atoms with Gasteiger partial charge in [0, 0.05) is 36.8 Å². The van der Waals surface area contributed by atoms with Crippen molar-refractivity contribution >= 4 is 28.6 Å². The number of nitrogens with zero attached hydrogens (tertiary/aromatic N) is 6. The Morgan fingerprint density at radius 3 is 2.79 bits per heavy atom. The first kappa shape index (κ1) is 25.0. The molecule has 202 valence electrons. The van der Waals surface area contributed by atoms with Crippen LogP contribution >= 0.6 is 0 Å².